The molecule has 0 saturated carbocycles. The number of para-hydroxylation sites is 2. The average molecular weight is 348 g/mol. The van der Waals surface area contributed by atoms with Crippen LogP contribution in [-0.4, -0.2) is 31.3 Å². The van der Waals surface area contributed by atoms with Crippen molar-refractivity contribution in [2.24, 2.45) is 0 Å². The van der Waals surface area contributed by atoms with Gasteiger partial charge in [0.15, 0.2) is 0 Å². The molecule has 2 N–H and O–H groups in total. The third-order valence-corrected chi connectivity index (χ3v) is 4.86. The molecule has 0 unspecified atom stereocenters. The number of hydrogen-bond donors (Lipinski definition) is 2. The van der Waals surface area contributed by atoms with E-state index in [-0.39, 0.29) is 0 Å². The van der Waals surface area contributed by atoms with Crippen LogP contribution in [0.4, 0.5) is 5.69 Å². The van der Waals surface area contributed by atoms with Crippen molar-refractivity contribution < 1.29 is 10.0 Å². The first-order valence-corrected chi connectivity index (χ1v) is 8.13. The minimum Gasteiger partial charge on any atom is -0.506 e. The number of rotatable bonds is 3. The molecule has 110 valence electrons. The molecule has 0 aromatic heterocycles. The molecule has 1 heterocycles. The van der Waals surface area contributed by atoms with Crippen molar-refractivity contribution in [2.75, 3.05) is 31.1 Å². The minimum atomic E-state index is 0.381. The zero-order valence-electron chi connectivity index (χ0n) is 11.9. The lowest BCUT2D eigenvalue weighted by molar-refractivity contribution is -0.914. The van der Waals surface area contributed by atoms with E-state index in [1.165, 1.54) is 10.0 Å². The highest BCUT2D eigenvalue weighted by Gasteiger charge is 2.22. The fourth-order valence-corrected chi connectivity index (χ4v) is 3.31. The zero-order chi connectivity index (χ0) is 14.7. The Bertz CT molecular complexity index is 609. The van der Waals surface area contributed by atoms with Crippen molar-refractivity contribution >= 4 is 21.6 Å². The van der Waals surface area contributed by atoms with Crippen molar-refractivity contribution in [1.82, 2.24) is 0 Å². The molecular weight excluding hydrogens is 328 g/mol. The van der Waals surface area contributed by atoms with E-state index in [1.54, 1.807) is 11.0 Å². The van der Waals surface area contributed by atoms with Crippen LogP contribution in [0.1, 0.15) is 5.56 Å². The minimum absolute atomic E-state index is 0.381. The number of phenolic OH excluding ortho intramolecular Hbond substituents is 1. The summed E-state index contributed by atoms with van der Waals surface area (Å²) in [6.45, 7) is 5.20. The Morgan fingerprint density at radius 1 is 1.00 bits per heavy atom. The van der Waals surface area contributed by atoms with Crippen LogP contribution in [0.3, 0.4) is 0 Å². The lowest BCUT2D eigenvalue weighted by atomic mass is 10.2. The van der Waals surface area contributed by atoms with Gasteiger partial charge in [-0.05, 0) is 18.2 Å². The van der Waals surface area contributed by atoms with Crippen LogP contribution in [-0.2, 0) is 6.54 Å². The van der Waals surface area contributed by atoms with E-state index in [0.29, 0.717) is 5.75 Å². The molecule has 3 rings (SSSR count). The zero-order valence-corrected chi connectivity index (χ0v) is 13.5. The van der Waals surface area contributed by atoms with Crippen LogP contribution >= 0.6 is 15.9 Å². The quantitative estimate of drug-likeness (QED) is 0.889. The van der Waals surface area contributed by atoms with Gasteiger partial charge in [0.2, 0.25) is 0 Å². The second-order valence-corrected chi connectivity index (χ2v) is 6.35. The molecule has 1 aliphatic rings. The highest BCUT2D eigenvalue weighted by Crippen LogP contribution is 2.26. The highest BCUT2D eigenvalue weighted by atomic mass is 79.9. The first-order chi connectivity index (χ1) is 10.2. The maximum Gasteiger partial charge on any atom is 0.138 e. The fourth-order valence-electron chi connectivity index (χ4n) is 2.88. The molecule has 1 fully saturated rings. The Balaban J connectivity index is 1.61. The van der Waals surface area contributed by atoms with Crippen LogP contribution < -0.4 is 9.80 Å². The number of aromatic hydroxyl groups is 1. The van der Waals surface area contributed by atoms with Crippen LogP contribution in [0.25, 0.3) is 0 Å². The van der Waals surface area contributed by atoms with Gasteiger partial charge in [0.25, 0.3) is 0 Å². The molecule has 0 spiro atoms. The SMILES string of the molecule is Oc1ccccc1N1CC[NH+](Cc2ccccc2Br)CC1. The molecule has 0 atom stereocenters. The van der Waals surface area contributed by atoms with E-state index in [9.17, 15) is 5.11 Å². The number of benzene rings is 2. The number of quaternary nitrogens is 1. The van der Waals surface area contributed by atoms with Crippen molar-refractivity contribution in [3.05, 3.63) is 58.6 Å². The summed E-state index contributed by atoms with van der Waals surface area (Å²) < 4.78 is 1.20. The van der Waals surface area contributed by atoms with Crippen molar-refractivity contribution in [1.29, 1.82) is 0 Å². The molecule has 3 nitrogen and oxygen atoms in total. The van der Waals surface area contributed by atoms with E-state index >= 15 is 0 Å². The maximum atomic E-state index is 9.95. The van der Waals surface area contributed by atoms with E-state index in [2.05, 4.69) is 45.1 Å². The lowest BCUT2D eigenvalue weighted by Crippen LogP contribution is -3.13. The predicted octanol–water partition coefficient (Wildman–Crippen LogP) is 2.06. The Labute approximate surface area is 133 Å². The Hall–Kier alpha value is -1.52. The van der Waals surface area contributed by atoms with E-state index in [4.69, 9.17) is 0 Å². The summed E-state index contributed by atoms with van der Waals surface area (Å²) in [6.07, 6.45) is 0. The topological polar surface area (TPSA) is 27.9 Å². The van der Waals surface area contributed by atoms with Crippen molar-refractivity contribution in [3.63, 3.8) is 0 Å². The monoisotopic (exact) mass is 347 g/mol. The number of piperazine rings is 1. The standard InChI is InChI=1S/C17H19BrN2O/c18-15-6-2-1-5-14(15)13-19-9-11-20(12-10-19)16-7-3-4-8-17(16)21/h1-8,21H,9-13H2/p+1. The number of phenols is 1. The van der Waals surface area contributed by atoms with Crippen LogP contribution in [0.15, 0.2) is 53.0 Å². The van der Waals surface area contributed by atoms with Gasteiger partial charge in [-0.2, -0.15) is 0 Å². The second kappa shape index (κ2) is 6.50. The highest BCUT2D eigenvalue weighted by molar-refractivity contribution is 9.10. The third kappa shape index (κ3) is 3.39. The van der Waals surface area contributed by atoms with Gasteiger partial charge in [0.05, 0.1) is 31.9 Å². The number of nitrogens with one attached hydrogen (secondary N) is 1. The second-order valence-electron chi connectivity index (χ2n) is 5.49. The molecule has 2 aromatic rings. The largest absolute Gasteiger partial charge is 0.506 e. The smallest absolute Gasteiger partial charge is 0.138 e. The fraction of sp³-hybridized carbons (Fsp3) is 0.294. The molecule has 0 aliphatic carbocycles. The molecule has 2 aromatic carbocycles. The molecule has 0 radical (unpaired) electrons. The maximum absolute atomic E-state index is 9.95. The molecule has 4 heteroatoms. The normalized spacial score (nSPS) is 16.1. The summed E-state index contributed by atoms with van der Waals surface area (Å²) in [5.41, 5.74) is 2.32. The number of hydrogen-bond acceptors (Lipinski definition) is 2. The molecule has 1 aliphatic heterocycles. The van der Waals surface area contributed by atoms with Crippen molar-refractivity contribution in [2.45, 2.75) is 6.54 Å². The molecular formula is C17H20BrN2O+. The molecule has 1 saturated heterocycles. The Morgan fingerprint density at radius 3 is 2.38 bits per heavy atom. The number of nitrogens with zero attached hydrogens (tertiary/aromatic N) is 1. The van der Waals surface area contributed by atoms with Gasteiger partial charge in [-0.3, -0.25) is 0 Å². The first kappa shape index (κ1) is 14.4. The Kier molecular flexibility index (Phi) is 4.46. The summed E-state index contributed by atoms with van der Waals surface area (Å²) in [6, 6.07) is 16.0. The van der Waals surface area contributed by atoms with E-state index in [1.807, 2.05) is 18.2 Å². The average Bonchev–Trinajstić information content (AvgIpc) is 2.51. The first-order valence-electron chi connectivity index (χ1n) is 7.34. The third-order valence-electron chi connectivity index (χ3n) is 4.09. The Morgan fingerprint density at radius 2 is 1.67 bits per heavy atom. The van der Waals surface area contributed by atoms with Gasteiger partial charge in [-0.15, -0.1) is 0 Å². The summed E-state index contributed by atoms with van der Waals surface area (Å²) in [5, 5.41) is 9.95. The van der Waals surface area contributed by atoms with Crippen LogP contribution in [0.5, 0.6) is 5.75 Å². The lowest BCUT2D eigenvalue weighted by Gasteiger charge is -2.34. The van der Waals surface area contributed by atoms with Crippen molar-refractivity contribution in [3.8, 4) is 5.75 Å². The summed E-state index contributed by atoms with van der Waals surface area (Å²) >= 11 is 3.62. The molecule has 0 amide bonds. The summed E-state index contributed by atoms with van der Waals surface area (Å²) in [7, 11) is 0. The summed E-state index contributed by atoms with van der Waals surface area (Å²) in [4.78, 5) is 3.87. The van der Waals surface area contributed by atoms with Gasteiger partial charge in [0, 0.05) is 10.0 Å². The molecule has 21 heavy (non-hydrogen) atoms. The predicted molar refractivity (Wildman–Crippen MR) is 88.9 cm³/mol. The van der Waals surface area contributed by atoms with Gasteiger partial charge in [0.1, 0.15) is 12.3 Å². The molecule has 0 bridgehead atoms. The van der Waals surface area contributed by atoms with E-state index < -0.39 is 0 Å². The van der Waals surface area contributed by atoms with Gasteiger partial charge >= 0.3 is 0 Å². The van der Waals surface area contributed by atoms with Crippen LogP contribution in [0, 0.1) is 0 Å². The summed E-state index contributed by atoms with van der Waals surface area (Å²) in [5.74, 6) is 0.381. The van der Waals surface area contributed by atoms with Gasteiger partial charge in [-0.25, -0.2) is 0 Å². The van der Waals surface area contributed by atoms with Gasteiger partial charge < -0.3 is 14.9 Å². The van der Waals surface area contributed by atoms with Gasteiger partial charge in [-0.1, -0.05) is 46.3 Å². The number of anilines is 1. The number of halogens is 1. The van der Waals surface area contributed by atoms with E-state index in [0.717, 1.165) is 38.4 Å². The van der Waals surface area contributed by atoms with Crippen LogP contribution in [0.2, 0.25) is 0 Å².